The number of carbonyl (C=O) groups is 1. The highest BCUT2D eigenvalue weighted by atomic mass is 35.5. The summed E-state index contributed by atoms with van der Waals surface area (Å²) in [7, 11) is 0. The maximum absolute atomic E-state index is 12.0. The Labute approximate surface area is 122 Å². The number of nitrogens with zero attached hydrogens (tertiary/aromatic N) is 3. The topological polar surface area (TPSA) is 57.0 Å². The van der Waals surface area contributed by atoms with E-state index in [2.05, 4.69) is 10.3 Å². The van der Waals surface area contributed by atoms with E-state index >= 15 is 0 Å². The van der Waals surface area contributed by atoms with E-state index in [1.165, 1.54) is 4.68 Å². The number of halogens is 1. The molecule has 0 aliphatic rings. The predicted molar refractivity (Wildman–Crippen MR) is 75.9 cm³/mol. The molecule has 5 nitrogen and oxygen atoms in total. The fourth-order valence-electron chi connectivity index (χ4n) is 1.86. The normalized spacial score (nSPS) is 12.2. The van der Waals surface area contributed by atoms with Gasteiger partial charge in [-0.05, 0) is 18.9 Å². The monoisotopic (exact) mass is 293 g/mol. The molecule has 0 saturated heterocycles. The number of benzene rings is 1. The first-order valence-electron chi connectivity index (χ1n) is 6.48. The third kappa shape index (κ3) is 2.99. The van der Waals surface area contributed by atoms with Gasteiger partial charge in [-0.25, -0.2) is 9.48 Å². The summed E-state index contributed by atoms with van der Waals surface area (Å²) in [6, 6.07) is 9.56. The molecule has 1 aromatic heterocycles. The SMILES string of the molecule is CCCOC(=O)c1c(Cl)nnn1[C@H](C)c1ccccc1. The van der Waals surface area contributed by atoms with Crippen molar-refractivity contribution in [2.75, 3.05) is 6.61 Å². The second-order valence-corrected chi connectivity index (χ2v) is 4.75. The molecule has 2 aromatic rings. The summed E-state index contributed by atoms with van der Waals surface area (Å²) in [5.41, 5.74) is 1.20. The van der Waals surface area contributed by atoms with Crippen molar-refractivity contribution in [1.29, 1.82) is 0 Å². The van der Waals surface area contributed by atoms with Gasteiger partial charge in [-0.1, -0.05) is 54.1 Å². The molecule has 0 radical (unpaired) electrons. The van der Waals surface area contributed by atoms with Crippen LogP contribution in [0.5, 0.6) is 0 Å². The number of carbonyl (C=O) groups excluding carboxylic acids is 1. The first kappa shape index (κ1) is 14.5. The van der Waals surface area contributed by atoms with Crippen LogP contribution in [-0.2, 0) is 4.74 Å². The van der Waals surface area contributed by atoms with Gasteiger partial charge in [0.15, 0.2) is 10.8 Å². The molecule has 0 aliphatic carbocycles. The Morgan fingerprint density at radius 1 is 1.40 bits per heavy atom. The lowest BCUT2D eigenvalue weighted by Crippen LogP contribution is -2.18. The molecule has 0 aliphatic heterocycles. The Kier molecular flexibility index (Phi) is 4.74. The Hall–Kier alpha value is -1.88. The first-order valence-corrected chi connectivity index (χ1v) is 6.85. The molecule has 0 amide bonds. The smallest absolute Gasteiger partial charge is 0.359 e. The minimum absolute atomic E-state index is 0.0638. The second-order valence-electron chi connectivity index (χ2n) is 4.40. The summed E-state index contributed by atoms with van der Waals surface area (Å²) >= 11 is 5.96. The predicted octanol–water partition coefficient (Wildman–Crippen LogP) is 3.11. The van der Waals surface area contributed by atoms with Gasteiger partial charge in [0, 0.05) is 0 Å². The van der Waals surface area contributed by atoms with Crippen LogP contribution in [0.1, 0.15) is 42.4 Å². The maximum Gasteiger partial charge on any atom is 0.359 e. The highest BCUT2D eigenvalue weighted by Gasteiger charge is 2.24. The number of hydrogen-bond donors (Lipinski definition) is 0. The summed E-state index contributed by atoms with van der Waals surface area (Å²) in [4.78, 5) is 12.0. The summed E-state index contributed by atoms with van der Waals surface area (Å²) in [5.74, 6) is -0.496. The molecule has 1 heterocycles. The van der Waals surface area contributed by atoms with Gasteiger partial charge in [-0.15, -0.1) is 5.10 Å². The van der Waals surface area contributed by atoms with E-state index in [9.17, 15) is 4.79 Å². The van der Waals surface area contributed by atoms with Gasteiger partial charge in [-0.3, -0.25) is 0 Å². The van der Waals surface area contributed by atoms with Crippen LogP contribution in [0.15, 0.2) is 30.3 Å². The molecular formula is C14H16ClN3O2. The van der Waals surface area contributed by atoms with E-state index in [4.69, 9.17) is 16.3 Å². The van der Waals surface area contributed by atoms with Crippen LogP contribution in [0.4, 0.5) is 0 Å². The van der Waals surface area contributed by atoms with E-state index in [-0.39, 0.29) is 16.9 Å². The Morgan fingerprint density at radius 3 is 2.75 bits per heavy atom. The fourth-order valence-corrected chi connectivity index (χ4v) is 2.06. The van der Waals surface area contributed by atoms with Crippen molar-refractivity contribution in [3.63, 3.8) is 0 Å². The minimum atomic E-state index is -0.496. The van der Waals surface area contributed by atoms with Gasteiger partial charge in [0.2, 0.25) is 0 Å². The van der Waals surface area contributed by atoms with Gasteiger partial charge < -0.3 is 4.74 Å². The lowest BCUT2D eigenvalue weighted by atomic mass is 10.1. The number of ether oxygens (including phenoxy) is 1. The van der Waals surface area contributed by atoms with Gasteiger partial charge in [-0.2, -0.15) is 0 Å². The van der Waals surface area contributed by atoms with Crippen LogP contribution in [0.3, 0.4) is 0 Å². The highest BCUT2D eigenvalue weighted by Crippen LogP contribution is 2.22. The van der Waals surface area contributed by atoms with E-state index in [1.54, 1.807) is 0 Å². The molecule has 20 heavy (non-hydrogen) atoms. The third-order valence-electron chi connectivity index (χ3n) is 2.93. The van der Waals surface area contributed by atoms with Crippen LogP contribution < -0.4 is 0 Å². The second kappa shape index (κ2) is 6.52. The summed E-state index contributed by atoms with van der Waals surface area (Å²) in [6.07, 6.45) is 0.749. The molecule has 1 atom stereocenters. The van der Waals surface area contributed by atoms with Crippen LogP contribution in [0.2, 0.25) is 5.15 Å². The van der Waals surface area contributed by atoms with E-state index in [1.807, 2.05) is 44.2 Å². The molecule has 2 rings (SSSR count). The Bertz CT molecular complexity index is 583. The first-order chi connectivity index (χ1) is 9.65. The quantitative estimate of drug-likeness (QED) is 0.795. The molecule has 0 fully saturated rings. The van der Waals surface area contributed by atoms with Crippen molar-refractivity contribution < 1.29 is 9.53 Å². The van der Waals surface area contributed by atoms with E-state index < -0.39 is 5.97 Å². The summed E-state index contributed by atoms with van der Waals surface area (Å²) in [6.45, 7) is 4.20. The van der Waals surface area contributed by atoms with Gasteiger partial charge in [0.25, 0.3) is 0 Å². The number of aromatic nitrogens is 3. The van der Waals surface area contributed by atoms with Crippen LogP contribution in [-0.4, -0.2) is 27.6 Å². The van der Waals surface area contributed by atoms with Gasteiger partial charge >= 0.3 is 5.97 Å². The van der Waals surface area contributed by atoms with Crippen molar-refractivity contribution >= 4 is 17.6 Å². The molecule has 0 saturated carbocycles. The van der Waals surface area contributed by atoms with Crippen LogP contribution in [0.25, 0.3) is 0 Å². The summed E-state index contributed by atoms with van der Waals surface area (Å²) in [5, 5.41) is 7.79. The lowest BCUT2D eigenvalue weighted by Gasteiger charge is -2.14. The van der Waals surface area contributed by atoms with E-state index in [0.29, 0.717) is 6.61 Å². The standard InChI is InChI=1S/C14H16ClN3O2/c1-3-9-20-14(19)12-13(15)16-17-18(12)10(2)11-7-5-4-6-8-11/h4-8,10H,3,9H2,1-2H3/t10-/m1/s1. The Morgan fingerprint density at radius 2 is 2.10 bits per heavy atom. The molecule has 0 spiro atoms. The zero-order chi connectivity index (χ0) is 14.5. The van der Waals surface area contributed by atoms with E-state index in [0.717, 1.165) is 12.0 Å². The minimum Gasteiger partial charge on any atom is -0.461 e. The average Bonchev–Trinajstić information content (AvgIpc) is 2.86. The number of rotatable bonds is 5. The van der Waals surface area contributed by atoms with Crippen molar-refractivity contribution in [1.82, 2.24) is 15.0 Å². The third-order valence-corrected chi connectivity index (χ3v) is 3.19. The van der Waals surface area contributed by atoms with Gasteiger partial charge in [0.1, 0.15) is 0 Å². The van der Waals surface area contributed by atoms with Crippen LogP contribution >= 0.6 is 11.6 Å². The lowest BCUT2D eigenvalue weighted by molar-refractivity contribution is 0.0489. The number of esters is 1. The zero-order valence-electron chi connectivity index (χ0n) is 11.4. The molecule has 0 bridgehead atoms. The number of hydrogen-bond acceptors (Lipinski definition) is 4. The zero-order valence-corrected chi connectivity index (χ0v) is 12.2. The molecule has 1 aromatic carbocycles. The summed E-state index contributed by atoms with van der Waals surface area (Å²) < 4.78 is 6.61. The van der Waals surface area contributed by atoms with Crippen molar-refractivity contribution in [3.8, 4) is 0 Å². The largest absolute Gasteiger partial charge is 0.461 e. The molecular weight excluding hydrogens is 278 g/mol. The highest BCUT2D eigenvalue weighted by molar-refractivity contribution is 6.32. The molecule has 106 valence electrons. The van der Waals surface area contributed by atoms with Crippen LogP contribution in [0, 0.1) is 0 Å². The molecule has 0 N–H and O–H groups in total. The van der Waals surface area contributed by atoms with Gasteiger partial charge in [0.05, 0.1) is 12.6 Å². The molecule has 0 unspecified atom stereocenters. The Balaban J connectivity index is 2.31. The maximum atomic E-state index is 12.0. The molecule has 6 heteroatoms. The average molecular weight is 294 g/mol. The fraction of sp³-hybridized carbons (Fsp3) is 0.357. The van der Waals surface area contributed by atoms with Crippen molar-refractivity contribution in [2.45, 2.75) is 26.3 Å². The van der Waals surface area contributed by atoms with Crippen molar-refractivity contribution in [3.05, 3.63) is 46.7 Å². The van der Waals surface area contributed by atoms with Crippen molar-refractivity contribution in [2.24, 2.45) is 0 Å².